The Morgan fingerprint density at radius 3 is 1.43 bits per heavy atom. The largest absolute Gasteiger partial charge is 0.456 e. The van der Waals surface area contributed by atoms with Gasteiger partial charge in [0.1, 0.15) is 11.2 Å². The van der Waals surface area contributed by atoms with Crippen LogP contribution in [0.3, 0.4) is 0 Å². The number of fused-ring (bicyclic) bond motifs is 8. The molecule has 3 heterocycles. The van der Waals surface area contributed by atoms with Crippen LogP contribution in [-0.4, -0.2) is 19.5 Å². The molecule has 58 heavy (non-hydrogen) atoms. The minimum Gasteiger partial charge on any atom is -0.456 e. The quantitative estimate of drug-likeness (QED) is 0.176. The molecule has 0 saturated heterocycles. The van der Waals surface area contributed by atoms with E-state index < -0.39 is 0 Å². The van der Waals surface area contributed by atoms with Crippen molar-refractivity contribution in [2.75, 3.05) is 0 Å². The maximum Gasteiger partial charge on any atom is 0.164 e. The summed E-state index contributed by atoms with van der Waals surface area (Å²) in [5.41, 5.74) is 9.86. The van der Waals surface area contributed by atoms with Crippen LogP contribution in [0.2, 0.25) is 0 Å². The van der Waals surface area contributed by atoms with Gasteiger partial charge in [0.2, 0.25) is 0 Å². The highest BCUT2D eigenvalue weighted by Gasteiger charge is 2.20. The molecule has 0 N–H and O–H groups in total. The van der Waals surface area contributed by atoms with Gasteiger partial charge in [0.25, 0.3) is 0 Å². The molecular formula is C53H32N4O. The average molecular weight is 741 g/mol. The van der Waals surface area contributed by atoms with Crippen LogP contribution in [0.15, 0.2) is 199 Å². The molecule has 0 aliphatic carbocycles. The van der Waals surface area contributed by atoms with Crippen LogP contribution in [-0.2, 0) is 0 Å². The number of hydrogen-bond donors (Lipinski definition) is 0. The van der Waals surface area contributed by atoms with Crippen LogP contribution >= 0.6 is 0 Å². The van der Waals surface area contributed by atoms with Gasteiger partial charge in [0, 0.05) is 43.9 Å². The second kappa shape index (κ2) is 12.8. The minimum atomic E-state index is 0.590. The Morgan fingerprint density at radius 2 is 0.845 bits per heavy atom. The maximum absolute atomic E-state index is 6.58. The Balaban J connectivity index is 1.06. The SMILES string of the molecule is c1ccc(-c2nc(-c3ccccc3)nc(-c3cc(-c4ccc(-n5c6cc7ccccc7cc6c6cc7ccccc7cc65)cc4)cc4oc5ccccc5c34)n2)cc1. The molecule has 12 aromatic rings. The van der Waals surface area contributed by atoms with Crippen LogP contribution in [0.1, 0.15) is 0 Å². The Hall–Kier alpha value is -7.89. The normalized spacial score (nSPS) is 11.8. The molecule has 0 aliphatic rings. The Bertz CT molecular complexity index is 3400. The zero-order chi connectivity index (χ0) is 38.2. The summed E-state index contributed by atoms with van der Waals surface area (Å²) < 4.78 is 8.99. The highest BCUT2D eigenvalue weighted by molar-refractivity contribution is 6.17. The zero-order valence-electron chi connectivity index (χ0n) is 31.2. The molecule has 5 heteroatoms. The van der Waals surface area contributed by atoms with Gasteiger partial charge in [-0.2, -0.15) is 0 Å². The Kier molecular flexibility index (Phi) is 7.16. The van der Waals surface area contributed by atoms with Gasteiger partial charge in [-0.15, -0.1) is 0 Å². The molecule has 270 valence electrons. The number of hydrogen-bond acceptors (Lipinski definition) is 4. The first kappa shape index (κ1) is 32.4. The second-order valence-electron chi connectivity index (χ2n) is 14.8. The molecule has 0 radical (unpaired) electrons. The van der Waals surface area contributed by atoms with Gasteiger partial charge in [-0.3, -0.25) is 0 Å². The van der Waals surface area contributed by atoms with E-state index in [0.29, 0.717) is 17.5 Å². The fourth-order valence-corrected chi connectivity index (χ4v) is 8.60. The molecule has 5 nitrogen and oxygen atoms in total. The lowest BCUT2D eigenvalue weighted by Crippen LogP contribution is -2.00. The summed E-state index contributed by atoms with van der Waals surface area (Å²) >= 11 is 0. The molecular weight excluding hydrogens is 709 g/mol. The fourth-order valence-electron chi connectivity index (χ4n) is 8.60. The van der Waals surface area contributed by atoms with Gasteiger partial charge in [-0.05, 0) is 87.3 Å². The van der Waals surface area contributed by atoms with Crippen LogP contribution in [0.5, 0.6) is 0 Å². The van der Waals surface area contributed by atoms with Gasteiger partial charge in [0.05, 0.1) is 11.0 Å². The van der Waals surface area contributed by atoms with Crippen molar-refractivity contribution < 1.29 is 4.42 Å². The molecule has 9 aromatic carbocycles. The summed E-state index contributed by atoms with van der Waals surface area (Å²) in [6.45, 7) is 0. The highest BCUT2D eigenvalue weighted by atomic mass is 16.3. The van der Waals surface area contributed by atoms with Crippen LogP contribution in [0.25, 0.3) is 116 Å². The van der Waals surface area contributed by atoms with Crippen molar-refractivity contribution in [3.8, 4) is 51.0 Å². The van der Waals surface area contributed by atoms with Gasteiger partial charge >= 0.3 is 0 Å². The van der Waals surface area contributed by atoms with Crippen molar-refractivity contribution >= 4 is 65.3 Å². The summed E-state index contributed by atoms with van der Waals surface area (Å²) in [7, 11) is 0. The molecule has 0 bridgehead atoms. The van der Waals surface area contributed by atoms with E-state index in [-0.39, 0.29) is 0 Å². The van der Waals surface area contributed by atoms with Crippen LogP contribution in [0, 0.1) is 0 Å². The first-order valence-corrected chi connectivity index (χ1v) is 19.5. The van der Waals surface area contributed by atoms with Gasteiger partial charge in [-0.1, -0.05) is 140 Å². The van der Waals surface area contributed by atoms with E-state index in [0.717, 1.165) is 55.4 Å². The molecule has 0 spiro atoms. The lowest BCUT2D eigenvalue weighted by atomic mass is 9.98. The van der Waals surface area contributed by atoms with Crippen molar-refractivity contribution in [2.24, 2.45) is 0 Å². The molecule has 0 amide bonds. The molecule has 12 rings (SSSR count). The van der Waals surface area contributed by atoms with E-state index in [9.17, 15) is 0 Å². The summed E-state index contributed by atoms with van der Waals surface area (Å²) in [6, 6.07) is 68.2. The number of aromatic nitrogens is 4. The van der Waals surface area contributed by atoms with Crippen LogP contribution < -0.4 is 0 Å². The molecule has 0 aliphatic heterocycles. The summed E-state index contributed by atoms with van der Waals surface area (Å²) in [6.07, 6.45) is 0. The van der Waals surface area contributed by atoms with Crippen molar-refractivity contribution in [3.63, 3.8) is 0 Å². The zero-order valence-corrected chi connectivity index (χ0v) is 31.2. The molecule has 3 aromatic heterocycles. The topological polar surface area (TPSA) is 56.7 Å². The van der Waals surface area contributed by atoms with Crippen molar-refractivity contribution in [2.45, 2.75) is 0 Å². The second-order valence-corrected chi connectivity index (χ2v) is 14.8. The predicted molar refractivity (Wildman–Crippen MR) is 238 cm³/mol. The van der Waals surface area contributed by atoms with Crippen molar-refractivity contribution in [1.29, 1.82) is 0 Å². The molecule has 0 unspecified atom stereocenters. The third kappa shape index (κ3) is 5.21. The maximum atomic E-state index is 6.58. The lowest BCUT2D eigenvalue weighted by Gasteiger charge is -2.12. The van der Waals surface area contributed by atoms with E-state index in [2.05, 4.69) is 120 Å². The number of para-hydroxylation sites is 1. The van der Waals surface area contributed by atoms with E-state index in [1.165, 1.54) is 43.4 Å². The minimum absolute atomic E-state index is 0.590. The number of benzene rings is 9. The van der Waals surface area contributed by atoms with Gasteiger partial charge < -0.3 is 8.98 Å². The molecule has 0 atom stereocenters. The monoisotopic (exact) mass is 740 g/mol. The third-order valence-electron chi connectivity index (χ3n) is 11.4. The highest BCUT2D eigenvalue weighted by Crippen LogP contribution is 2.41. The third-order valence-corrected chi connectivity index (χ3v) is 11.4. The summed E-state index contributed by atoms with van der Waals surface area (Å²) in [5, 5.41) is 9.38. The first-order chi connectivity index (χ1) is 28.7. The van der Waals surface area contributed by atoms with E-state index in [1.54, 1.807) is 0 Å². The fraction of sp³-hybridized carbons (Fsp3) is 0. The van der Waals surface area contributed by atoms with Crippen molar-refractivity contribution in [3.05, 3.63) is 194 Å². The number of rotatable bonds is 5. The van der Waals surface area contributed by atoms with E-state index in [1.807, 2.05) is 78.9 Å². The first-order valence-electron chi connectivity index (χ1n) is 19.5. The number of nitrogens with zero attached hydrogens (tertiary/aromatic N) is 4. The molecule has 0 fully saturated rings. The van der Waals surface area contributed by atoms with E-state index in [4.69, 9.17) is 19.4 Å². The smallest absolute Gasteiger partial charge is 0.164 e. The lowest BCUT2D eigenvalue weighted by molar-refractivity contribution is 0.669. The summed E-state index contributed by atoms with van der Waals surface area (Å²) in [5.74, 6) is 1.83. The Labute approximate surface area is 333 Å². The summed E-state index contributed by atoms with van der Waals surface area (Å²) in [4.78, 5) is 15.3. The van der Waals surface area contributed by atoms with Crippen LogP contribution in [0.4, 0.5) is 0 Å². The molecule has 0 saturated carbocycles. The Morgan fingerprint density at radius 1 is 0.345 bits per heavy atom. The number of furan rings is 1. The average Bonchev–Trinajstić information content (AvgIpc) is 3.82. The van der Waals surface area contributed by atoms with Gasteiger partial charge in [-0.25, -0.2) is 15.0 Å². The van der Waals surface area contributed by atoms with Crippen molar-refractivity contribution in [1.82, 2.24) is 19.5 Å². The predicted octanol–water partition coefficient (Wildman–Crippen LogP) is 13.8. The standard InChI is InChI=1S/C53H32N4O/c1-3-13-34(14-4-1)51-54-52(35-15-5-2-6-16-35)56-53(55-51)45-29-40(32-49-50(45)42-21-11-12-22-48(42)58-49)33-23-25-41(26-24-33)57-46-30-38-19-9-7-17-36(38)27-43(46)44-28-37-18-8-10-20-39(37)31-47(44)57/h1-32H. The van der Waals surface area contributed by atoms with E-state index >= 15 is 0 Å². The van der Waals surface area contributed by atoms with Gasteiger partial charge in [0.15, 0.2) is 17.5 Å².